The lowest BCUT2D eigenvalue weighted by Crippen LogP contribution is -2.15. The summed E-state index contributed by atoms with van der Waals surface area (Å²) in [5.41, 5.74) is 0. The van der Waals surface area contributed by atoms with Crippen LogP contribution in [0.15, 0.2) is 0 Å². The Kier molecular flexibility index (Phi) is 12.4. The Bertz CT molecular complexity index is 164. The van der Waals surface area contributed by atoms with Gasteiger partial charge >= 0.3 is 0 Å². The summed E-state index contributed by atoms with van der Waals surface area (Å²) < 4.78 is 15.8. The van der Waals surface area contributed by atoms with E-state index in [9.17, 15) is 0 Å². The first-order chi connectivity index (χ1) is 8.74. The molecule has 0 fully saturated rings. The smallest absolute Gasteiger partial charge is 0.0701 e. The van der Waals surface area contributed by atoms with Crippen LogP contribution in [-0.4, -0.2) is 63.2 Å². The van der Waals surface area contributed by atoms with Gasteiger partial charge < -0.3 is 14.2 Å². The first kappa shape index (κ1) is 18.2. The van der Waals surface area contributed by atoms with Crippen LogP contribution in [0.5, 0.6) is 0 Å². The minimum atomic E-state index is -0.343. The zero-order valence-corrected chi connectivity index (χ0v) is 13.5. The van der Waals surface area contributed by atoms with Crippen LogP contribution in [0, 0.1) is 0 Å². The number of methoxy groups -OCH3 is 1. The van der Waals surface area contributed by atoms with E-state index in [1.54, 1.807) is 7.11 Å². The summed E-state index contributed by atoms with van der Waals surface area (Å²) in [5.74, 6) is 5.45. The average molecular weight is 280 g/mol. The SMILES string of the molecule is CCS(CC)(CC)CCCOCCOCCOC. The molecular weight excluding hydrogens is 248 g/mol. The zero-order chi connectivity index (χ0) is 13.7. The molecule has 0 spiro atoms. The maximum absolute atomic E-state index is 5.59. The number of rotatable bonds is 13. The quantitative estimate of drug-likeness (QED) is 0.486. The van der Waals surface area contributed by atoms with Crippen LogP contribution >= 0.6 is 10.0 Å². The van der Waals surface area contributed by atoms with Crippen LogP contribution in [-0.2, 0) is 14.2 Å². The van der Waals surface area contributed by atoms with Crippen LogP contribution in [0.25, 0.3) is 0 Å². The highest BCUT2D eigenvalue weighted by atomic mass is 32.3. The van der Waals surface area contributed by atoms with Crippen molar-refractivity contribution in [1.82, 2.24) is 0 Å². The lowest BCUT2D eigenvalue weighted by Gasteiger charge is -2.37. The van der Waals surface area contributed by atoms with Gasteiger partial charge in [-0.05, 0) is 29.4 Å². The van der Waals surface area contributed by atoms with E-state index in [0.29, 0.717) is 26.4 Å². The van der Waals surface area contributed by atoms with Crippen LogP contribution in [0.3, 0.4) is 0 Å². The first-order valence-corrected chi connectivity index (χ1v) is 9.44. The second kappa shape index (κ2) is 12.3. The Hall–Kier alpha value is 0.230. The third-order valence-corrected chi connectivity index (χ3v) is 8.34. The van der Waals surface area contributed by atoms with E-state index in [-0.39, 0.29) is 10.0 Å². The molecule has 3 nitrogen and oxygen atoms in total. The van der Waals surface area contributed by atoms with Crippen molar-refractivity contribution in [2.24, 2.45) is 0 Å². The van der Waals surface area contributed by atoms with Crippen molar-refractivity contribution in [2.45, 2.75) is 27.2 Å². The molecule has 0 radical (unpaired) electrons. The van der Waals surface area contributed by atoms with Gasteiger partial charge in [-0.25, -0.2) is 10.0 Å². The van der Waals surface area contributed by atoms with E-state index in [0.717, 1.165) is 6.61 Å². The highest BCUT2D eigenvalue weighted by molar-refractivity contribution is 8.33. The molecule has 0 saturated heterocycles. The topological polar surface area (TPSA) is 27.7 Å². The summed E-state index contributed by atoms with van der Waals surface area (Å²) in [6, 6.07) is 0. The molecule has 0 heterocycles. The first-order valence-electron chi connectivity index (χ1n) is 7.13. The summed E-state index contributed by atoms with van der Waals surface area (Å²) in [6.07, 6.45) is 1.20. The summed E-state index contributed by atoms with van der Waals surface area (Å²) in [6.45, 7) is 10.6. The highest BCUT2D eigenvalue weighted by Gasteiger charge is 2.16. The molecule has 0 rings (SSSR count). The largest absolute Gasteiger partial charge is 0.382 e. The second-order valence-electron chi connectivity index (χ2n) is 4.37. The van der Waals surface area contributed by atoms with E-state index >= 15 is 0 Å². The highest BCUT2D eigenvalue weighted by Crippen LogP contribution is 2.47. The molecule has 0 aliphatic heterocycles. The molecule has 0 aromatic carbocycles. The summed E-state index contributed by atoms with van der Waals surface area (Å²) in [7, 11) is 1.34. The molecule has 0 bridgehead atoms. The van der Waals surface area contributed by atoms with Crippen molar-refractivity contribution < 1.29 is 14.2 Å². The van der Waals surface area contributed by atoms with E-state index in [4.69, 9.17) is 14.2 Å². The van der Waals surface area contributed by atoms with Gasteiger partial charge in [0.25, 0.3) is 0 Å². The third-order valence-electron chi connectivity index (χ3n) is 3.51. The number of ether oxygens (including phenoxy) is 3. The van der Waals surface area contributed by atoms with Gasteiger partial charge in [-0.3, -0.25) is 0 Å². The van der Waals surface area contributed by atoms with E-state index < -0.39 is 0 Å². The molecule has 0 saturated carbocycles. The molecule has 0 amide bonds. The Labute approximate surface area is 115 Å². The van der Waals surface area contributed by atoms with Gasteiger partial charge in [0.2, 0.25) is 0 Å². The molecule has 0 aromatic heterocycles. The van der Waals surface area contributed by atoms with E-state index in [1.165, 1.54) is 29.4 Å². The molecule has 18 heavy (non-hydrogen) atoms. The summed E-state index contributed by atoms with van der Waals surface area (Å²) in [4.78, 5) is 0. The normalized spacial score (nSPS) is 12.9. The standard InChI is InChI=1S/C14H32O3S/c1-5-18(6-2,7-3)14-8-9-16-12-13-17-11-10-15-4/h5-14H2,1-4H3. The van der Waals surface area contributed by atoms with Crippen LogP contribution in [0.1, 0.15) is 27.2 Å². The van der Waals surface area contributed by atoms with Crippen molar-refractivity contribution in [2.75, 3.05) is 63.2 Å². The van der Waals surface area contributed by atoms with E-state index in [2.05, 4.69) is 20.8 Å². The maximum Gasteiger partial charge on any atom is 0.0701 e. The van der Waals surface area contributed by atoms with Gasteiger partial charge in [0.1, 0.15) is 0 Å². The Balaban J connectivity index is 3.38. The Morgan fingerprint density at radius 2 is 1.22 bits per heavy atom. The summed E-state index contributed by atoms with van der Waals surface area (Å²) >= 11 is 0. The third kappa shape index (κ3) is 8.35. The van der Waals surface area contributed by atoms with Gasteiger partial charge in [0, 0.05) is 13.7 Å². The fraction of sp³-hybridized carbons (Fsp3) is 1.00. The minimum absolute atomic E-state index is 0.343. The van der Waals surface area contributed by atoms with Gasteiger partial charge in [0.15, 0.2) is 0 Å². The maximum atomic E-state index is 5.59. The van der Waals surface area contributed by atoms with Gasteiger partial charge in [-0.15, -0.1) is 0 Å². The molecule has 0 aliphatic rings. The van der Waals surface area contributed by atoms with E-state index in [1.807, 2.05) is 0 Å². The predicted molar refractivity (Wildman–Crippen MR) is 82.2 cm³/mol. The lowest BCUT2D eigenvalue weighted by molar-refractivity contribution is 0.0251. The van der Waals surface area contributed by atoms with Crippen molar-refractivity contribution in [1.29, 1.82) is 0 Å². The van der Waals surface area contributed by atoms with Crippen molar-refractivity contribution in [3.63, 3.8) is 0 Å². The van der Waals surface area contributed by atoms with Gasteiger partial charge in [-0.2, -0.15) is 0 Å². The molecule has 0 atom stereocenters. The second-order valence-corrected chi connectivity index (χ2v) is 8.96. The van der Waals surface area contributed by atoms with Crippen molar-refractivity contribution in [3.8, 4) is 0 Å². The molecule has 4 heteroatoms. The average Bonchev–Trinajstić information content (AvgIpc) is 2.42. The molecule has 112 valence electrons. The van der Waals surface area contributed by atoms with Crippen LogP contribution in [0.2, 0.25) is 0 Å². The molecule has 0 aliphatic carbocycles. The zero-order valence-electron chi connectivity index (χ0n) is 12.7. The fourth-order valence-electron chi connectivity index (χ4n) is 1.98. The van der Waals surface area contributed by atoms with Crippen molar-refractivity contribution in [3.05, 3.63) is 0 Å². The Morgan fingerprint density at radius 3 is 1.72 bits per heavy atom. The molecule has 0 aromatic rings. The fourth-order valence-corrected chi connectivity index (χ4v) is 4.80. The lowest BCUT2D eigenvalue weighted by atomic mass is 10.5. The molecule has 0 N–H and O–H groups in total. The minimum Gasteiger partial charge on any atom is -0.382 e. The van der Waals surface area contributed by atoms with Crippen molar-refractivity contribution >= 4 is 10.0 Å². The van der Waals surface area contributed by atoms with Gasteiger partial charge in [0.05, 0.1) is 26.4 Å². The predicted octanol–water partition coefficient (Wildman–Crippen LogP) is 2.92. The number of hydrogen-bond donors (Lipinski definition) is 0. The summed E-state index contributed by atoms with van der Waals surface area (Å²) in [5, 5.41) is 0. The van der Waals surface area contributed by atoms with Crippen LogP contribution in [0.4, 0.5) is 0 Å². The monoisotopic (exact) mass is 280 g/mol. The van der Waals surface area contributed by atoms with Crippen LogP contribution < -0.4 is 0 Å². The molecular formula is C14H32O3S. The molecule has 0 unspecified atom stereocenters. The van der Waals surface area contributed by atoms with Gasteiger partial charge in [-0.1, -0.05) is 20.8 Å². The number of hydrogen-bond acceptors (Lipinski definition) is 3. The Morgan fingerprint density at radius 1 is 0.722 bits per heavy atom.